The van der Waals surface area contributed by atoms with Gasteiger partial charge in [0.25, 0.3) is 5.91 Å². The fourth-order valence-corrected chi connectivity index (χ4v) is 3.48. The number of benzene rings is 1. The standard InChI is InChI=1S/C21H30N4O/c1-17-18(2)25(16-23-17)14-11-22-21(26)20-9-7-19(8-10-20)15-24-12-5-3-4-6-13-24/h7-10,16H,3-6,11-15H2,1-2H3,(H,22,26). The third kappa shape index (κ3) is 4.94. The van der Waals surface area contributed by atoms with Crippen LogP contribution in [0.4, 0.5) is 0 Å². The number of carbonyl (C=O) groups is 1. The van der Waals surface area contributed by atoms with E-state index < -0.39 is 0 Å². The molecule has 1 aromatic carbocycles. The minimum Gasteiger partial charge on any atom is -0.350 e. The Morgan fingerprint density at radius 2 is 1.77 bits per heavy atom. The minimum atomic E-state index is -0.0131. The maximum absolute atomic E-state index is 12.3. The molecule has 1 fully saturated rings. The summed E-state index contributed by atoms with van der Waals surface area (Å²) < 4.78 is 2.07. The topological polar surface area (TPSA) is 50.2 Å². The molecule has 0 spiro atoms. The number of imidazole rings is 1. The number of nitrogens with one attached hydrogen (secondary N) is 1. The highest BCUT2D eigenvalue weighted by molar-refractivity contribution is 5.94. The molecule has 26 heavy (non-hydrogen) atoms. The molecule has 0 bridgehead atoms. The number of aryl methyl sites for hydroxylation is 1. The second-order valence-electron chi connectivity index (χ2n) is 7.25. The van der Waals surface area contributed by atoms with Crippen LogP contribution in [0.2, 0.25) is 0 Å². The van der Waals surface area contributed by atoms with Crippen LogP contribution >= 0.6 is 0 Å². The Hall–Kier alpha value is -2.14. The normalized spacial score (nSPS) is 15.6. The van der Waals surface area contributed by atoms with E-state index in [-0.39, 0.29) is 5.91 Å². The molecule has 0 saturated carbocycles. The van der Waals surface area contributed by atoms with Gasteiger partial charge < -0.3 is 9.88 Å². The number of likely N-dealkylation sites (tertiary alicyclic amines) is 1. The summed E-state index contributed by atoms with van der Waals surface area (Å²) in [6.45, 7) is 8.76. The Morgan fingerprint density at radius 1 is 1.08 bits per heavy atom. The van der Waals surface area contributed by atoms with E-state index in [9.17, 15) is 4.79 Å². The van der Waals surface area contributed by atoms with Crippen LogP contribution in [-0.4, -0.2) is 40.0 Å². The van der Waals surface area contributed by atoms with Gasteiger partial charge in [-0.15, -0.1) is 0 Å². The summed E-state index contributed by atoms with van der Waals surface area (Å²) in [6, 6.07) is 8.05. The fraction of sp³-hybridized carbons (Fsp3) is 0.524. The molecule has 1 aliphatic heterocycles. The lowest BCUT2D eigenvalue weighted by molar-refractivity contribution is 0.0952. The lowest BCUT2D eigenvalue weighted by atomic mass is 10.1. The van der Waals surface area contributed by atoms with Crippen LogP contribution in [0.25, 0.3) is 0 Å². The van der Waals surface area contributed by atoms with Gasteiger partial charge in [0.2, 0.25) is 0 Å². The smallest absolute Gasteiger partial charge is 0.251 e. The van der Waals surface area contributed by atoms with Gasteiger partial charge in [-0.3, -0.25) is 9.69 Å². The van der Waals surface area contributed by atoms with Crippen molar-refractivity contribution in [2.75, 3.05) is 19.6 Å². The van der Waals surface area contributed by atoms with Gasteiger partial charge >= 0.3 is 0 Å². The van der Waals surface area contributed by atoms with Gasteiger partial charge in [0, 0.05) is 30.9 Å². The number of hydrogen-bond donors (Lipinski definition) is 1. The summed E-state index contributed by atoms with van der Waals surface area (Å²) in [5.74, 6) is -0.0131. The molecule has 0 radical (unpaired) electrons. The fourth-order valence-electron chi connectivity index (χ4n) is 3.48. The van der Waals surface area contributed by atoms with Crippen LogP contribution in [0.3, 0.4) is 0 Å². The van der Waals surface area contributed by atoms with E-state index in [4.69, 9.17) is 0 Å². The Bertz CT molecular complexity index is 712. The van der Waals surface area contributed by atoms with Gasteiger partial charge in [0.1, 0.15) is 0 Å². The summed E-state index contributed by atoms with van der Waals surface area (Å²) in [6.07, 6.45) is 7.14. The number of nitrogens with zero attached hydrogens (tertiary/aromatic N) is 3. The third-order valence-electron chi connectivity index (χ3n) is 5.30. The highest BCUT2D eigenvalue weighted by Gasteiger charge is 2.10. The van der Waals surface area contributed by atoms with E-state index in [1.807, 2.05) is 32.3 Å². The second-order valence-corrected chi connectivity index (χ2v) is 7.25. The Morgan fingerprint density at radius 3 is 2.38 bits per heavy atom. The average Bonchev–Trinajstić information content (AvgIpc) is 2.84. The summed E-state index contributed by atoms with van der Waals surface area (Å²) >= 11 is 0. The summed E-state index contributed by atoms with van der Waals surface area (Å²) in [5, 5.41) is 3.00. The molecule has 5 nitrogen and oxygen atoms in total. The number of carbonyl (C=O) groups excluding carboxylic acids is 1. The molecule has 1 saturated heterocycles. The molecular formula is C21H30N4O. The van der Waals surface area contributed by atoms with Crippen molar-refractivity contribution in [3.8, 4) is 0 Å². The van der Waals surface area contributed by atoms with E-state index in [2.05, 4.69) is 31.9 Å². The molecule has 1 N–H and O–H groups in total. The average molecular weight is 354 g/mol. The molecule has 3 rings (SSSR count). The van der Waals surface area contributed by atoms with Crippen molar-refractivity contribution in [3.63, 3.8) is 0 Å². The van der Waals surface area contributed by atoms with E-state index in [0.717, 1.165) is 30.0 Å². The lowest BCUT2D eigenvalue weighted by Crippen LogP contribution is -2.27. The van der Waals surface area contributed by atoms with E-state index in [1.165, 1.54) is 44.3 Å². The largest absolute Gasteiger partial charge is 0.350 e. The van der Waals surface area contributed by atoms with Gasteiger partial charge in [-0.05, 0) is 57.5 Å². The van der Waals surface area contributed by atoms with Crippen molar-refractivity contribution in [2.45, 2.75) is 52.6 Å². The van der Waals surface area contributed by atoms with Gasteiger partial charge in [0.05, 0.1) is 12.0 Å². The predicted molar refractivity (Wildman–Crippen MR) is 104 cm³/mol. The van der Waals surface area contributed by atoms with Crippen LogP contribution < -0.4 is 5.32 Å². The maximum atomic E-state index is 12.3. The first-order chi connectivity index (χ1) is 12.6. The van der Waals surface area contributed by atoms with Gasteiger partial charge in [0.15, 0.2) is 0 Å². The second kappa shape index (κ2) is 8.99. The van der Waals surface area contributed by atoms with Crippen molar-refractivity contribution in [1.82, 2.24) is 19.8 Å². The number of aromatic nitrogens is 2. The van der Waals surface area contributed by atoms with Crippen LogP contribution in [0.1, 0.15) is 53.0 Å². The van der Waals surface area contributed by atoms with Crippen LogP contribution in [0.5, 0.6) is 0 Å². The maximum Gasteiger partial charge on any atom is 0.251 e. The van der Waals surface area contributed by atoms with Crippen molar-refractivity contribution in [1.29, 1.82) is 0 Å². The first-order valence-corrected chi connectivity index (χ1v) is 9.71. The third-order valence-corrected chi connectivity index (χ3v) is 5.30. The Balaban J connectivity index is 1.47. The number of rotatable bonds is 6. The zero-order chi connectivity index (χ0) is 18.4. The van der Waals surface area contributed by atoms with Gasteiger partial charge in [-0.1, -0.05) is 25.0 Å². The molecule has 0 atom stereocenters. The Kier molecular flexibility index (Phi) is 6.45. The molecule has 0 unspecified atom stereocenters. The summed E-state index contributed by atoms with van der Waals surface area (Å²) in [4.78, 5) is 19.1. The number of hydrogen-bond acceptors (Lipinski definition) is 3. The van der Waals surface area contributed by atoms with Crippen LogP contribution in [-0.2, 0) is 13.1 Å². The molecule has 1 amide bonds. The molecule has 1 aliphatic rings. The first kappa shape index (κ1) is 18.6. The monoisotopic (exact) mass is 354 g/mol. The zero-order valence-corrected chi connectivity index (χ0v) is 16.0. The van der Waals surface area contributed by atoms with Crippen molar-refractivity contribution < 1.29 is 4.79 Å². The molecule has 140 valence electrons. The van der Waals surface area contributed by atoms with Gasteiger partial charge in [-0.2, -0.15) is 0 Å². The zero-order valence-electron chi connectivity index (χ0n) is 16.0. The first-order valence-electron chi connectivity index (χ1n) is 9.71. The minimum absolute atomic E-state index is 0.0131. The van der Waals surface area contributed by atoms with Crippen molar-refractivity contribution in [2.24, 2.45) is 0 Å². The van der Waals surface area contributed by atoms with Crippen LogP contribution in [0.15, 0.2) is 30.6 Å². The molecular weight excluding hydrogens is 324 g/mol. The molecule has 5 heteroatoms. The summed E-state index contributed by atoms with van der Waals surface area (Å²) in [5.41, 5.74) is 4.20. The van der Waals surface area contributed by atoms with Gasteiger partial charge in [-0.25, -0.2) is 4.98 Å². The molecule has 2 heterocycles. The highest BCUT2D eigenvalue weighted by atomic mass is 16.1. The quantitative estimate of drug-likeness (QED) is 0.866. The predicted octanol–water partition coefficient (Wildman–Crippen LogP) is 3.31. The van der Waals surface area contributed by atoms with Crippen molar-refractivity contribution >= 4 is 5.91 Å². The molecule has 2 aromatic rings. The molecule has 1 aromatic heterocycles. The van der Waals surface area contributed by atoms with E-state index >= 15 is 0 Å². The number of amides is 1. The SMILES string of the molecule is Cc1ncn(CCNC(=O)c2ccc(CN3CCCCCC3)cc2)c1C. The van der Waals surface area contributed by atoms with Crippen LogP contribution in [0, 0.1) is 13.8 Å². The van der Waals surface area contributed by atoms with E-state index in [0.29, 0.717) is 6.54 Å². The lowest BCUT2D eigenvalue weighted by Gasteiger charge is -2.19. The Labute approximate surface area is 156 Å². The van der Waals surface area contributed by atoms with E-state index in [1.54, 1.807) is 0 Å². The summed E-state index contributed by atoms with van der Waals surface area (Å²) in [7, 11) is 0. The highest BCUT2D eigenvalue weighted by Crippen LogP contribution is 2.14. The molecule has 0 aliphatic carbocycles. The van der Waals surface area contributed by atoms with Crippen molar-refractivity contribution in [3.05, 3.63) is 53.1 Å².